The van der Waals surface area contributed by atoms with Gasteiger partial charge in [0.25, 0.3) is 5.91 Å². The minimum absolute atomic E-state index is 0.360. The molecule has 0 heterocycles. The number of hydrogen-bond donors (Lipinski definition) is 1. The Morgan fingerprint density at radius 2 is 1.78 bits per heavy atom. The van der Waals surface area contributed by atoms with Crippen molar-refractivity contribution in [3.05, 3.63) is 88.4 Å². The monoisotopic (exact) mass is 424 g/mol. The van der Waals surface area contributed by atoms with Gasteiger partial charge in [-0.05, 0) is 48.0 Å². The standard InChI is InChI=1S/C21H17BrN2O3/c1-26-20-11-10-16(22)13-19(20)21(25)24-23-14-15-6-5-9-18(12-15)27-17-7-3-2-4-8-17/h2-14H,1H3,(H,24,25)/b23-14-. The van der Waals surface area contributed by atoms with Gasteiger partial charge in [-0.1, -0.05) is 46.3 Å². The zero-order chi connectivity index (χ0) is 19.1. The summed E-state index contributed by atoms with van der Waals surface area (Å²) in [5.41, 5.74) is 3.70. The fourth-order valence-electron chi connectivity index (χ4n) is 2.37. The van der Waals surface area contributed by atoms with Gasteiger partial charge in [-0.25, -0.2) is 5.43 Å². The van der Waals surface area contributed by atoms with Crippen LogP contribution in [0.3, 0.4) is 0 Å². The number of nitrogens with zero attached hydrogens (tertiary/aromatic N) is 1. The van der Waals surface area contributed by atoms with E-state index in [0.29, 0.717) is 17.1 Å². The normalized spacial score (nSPS) is 10.6. The van der Waals surface area contributed by atoms with Crippen molar-refractivity contribution in [2.24, 2.45) is 5.10 Å². The number of amides is 1. The smallest absolute Gasteiger partial charge is 0.275 e. The van der Waals surface area contributed by atoms with Crippen molar-refractivity contribution >= 4 is 28.1 Å². The maximum atomic E-state index is 12.3. The van der Waals surface area contributed by atoms with E-state index in [2.05, 4.69) is 26.5 Å². The van der Waals surface area contributed by atoms with Gasteiger partial charge in [0.05, 0.1) is 18.9 Å². The molecular formula is C21H17BrN2O3. The molecule has 0 radical (unpaired) electrons. The van der Waals surface area contributed by atoms with Crippen LogP contribution >= 0.6 is 15.9 Å². The molecule has 6 heteroatoms. The van der Waals surface area contributed by atoms with Crippen LogP contribution in [0.15, 0.2) is 82.4 Å². The second kappa shape index (κ2) is 9.00. The van der Waals surface area contributed by atoms with E-state index in [-0.39, 0.29) is 5.91 Å². The Morgan fingerprint density at radius 3 is 2.56 bits per heavy atom. The maximum absolute atomic E-state index is 12.3. The van der Waals surface area contributed by atoms with E-state index in [9.17, 15) is 4.79 Å². The number of methoxy groups -OCH3 is 1. The number of halogens is 1. The summed E-state index contributed by atoms with van der Waals surface area (Å²) in [6.45, 7) is 0. The lowest BCUT2D eigenvalue weighted by Gasteiger charge is -2.07. The fourth-order valence-corrected chi connectivity index (χ4v) is 2.73. The Balaban J connectivity index is 1.67. The lowest BCUT2D eigenvalue weighted by Crippen LogP contribution is -2.18. The Kier molecular flexibility index (Phi) is 6.22. The van der Waals surface area contributed by atoms with Gasteiger partial charge in [-0.15, -0.1) is 0 Å². The number of carbonyl (C=O) groups is 1. The van der Waals surface area contributed by atoms with Crippen molar-refractivity contribution in [2.75, 3.05) is 7.11 Å². The lowest BCUT2D eigenvalue weighted by molar-refractivity contribution is 0.0952. The molecule has 0 saturated heterocycles. The molecule has 3 aromatic carbocycles. The van der Waals surface area contributed by atoms with E-state index in [1.54, 1.807) is 24.4 Å². The first kappa shape index (κ1) is 18.7. The summed E-state index contributed by atoms with van der Waals surface area (Å²) in [7, 11) is 1.52. The van der Waals surface area contributed by atoms with Crippen LogP contribution in [0.4, 0.5) is 0 Å². The highest BCUT2D eigenvalue weighted by atomic mass is 79.9. The van der Waals surface area contributed by atoms with Crippen LogP contribution in [0, 0.1) is 0 Å². The quantitative estimate of drug-likeness (QED) is 0.446. The fraction of sp³-hybridized carbons (Fsp3) is 0.0476. The first-order valence-electron chi connectivity index (χ1n) is 8.15. The molecule has 27 heavy (non-hydrogen) atoms. The minimum atomic E-state index is -0.360. The first-order valence-corrected chi connectivity index (χ1v) is 8.95. The molecule has 0 aliphatic heterocycles. The van der Waals surface area contributed by atoms with E-state index in [1.165, 1.54) is 7.11 Å². The van der Waals surface area contributed by atoms with Crippen LogP contribution in [0.25, 0.3) is 0 Å². The Labute approximate surface area is 165 Å². The highest BCUT2D eigenvalue weighted by Gasteiger charge is 2.11. The van der Waals surface area contributed by atoms with E-state index in [0.717, 1.165) is 15.8 Å². The number of carbonyl (C=O) groups excluding carboxylic acids is 1. The average molecular weight is 425 g/mol. The molecular weight excluding hydrogens is 408 g/mol. The molecule has 3 aromatic rings. The molecule has 0 fully saturated rings. The van der Waals surface area contributed by atoms with Crippen LogP contribution in [0.1, 0.15) is 15.9 Å². The largest absolute Gasteiger partial charge is 0.496 e. The lowest BCUT2D eigenvalue weighted by atomic mass is 10.2. The number of para-hydroxylation sites is 1. The molecule has 5 nitrogen and oxygen atoms in total. The van der Waals surface area contributed by atoms with Crippen LogP contribution in [0.2, 0.25) is 0 Å². The molecule has 0 atom stereocenters. The van der Waals surface area contributed by atoms with Crippen LogP contribution in [-0.4, -0.2) is 19.2 Å². The predicted molar refractivity (Wildman–Crippen MR) is 109 cm³/mol. The topological polar surface area (TPSA) is 59.9 Å². The zero-order valence-corrected chi connectivity index (χ0v) is 16.1. The summed E-state index contributed by atoms with van der Waals surface area (Å²) < 4.78 is 11.8. The van der Waals surface area contributed by atoms with Crippen molar-refractivity contribution < 1.29 is 14.3 Å². The van der Waals surface area contributed by atoms with Gasteiger partial charge >= 0.3 is 0 Å². The molecule has 0 aliphatic carbocycles. The summed E-state index contributed by atoms with van der Waals surface area (Å²) in [6, 6.07) is 22.1. The van der Waals surface area contributed by atoms with Crippen molar-refractivity contribution in [3.63, 3.8) is 0 Å². The number of hydrogen-bond acceptors (Lipinski definition) is 4. The third-order valence-electron chi connectivity index (χ3n) is 3.62. The molecule has 0 aliphatic rings. The van der Waals surface area contributed by atoms with Crippen LogP contribution in [0.5, 0.6) is 17.2 Å². The molecule has 1 N–H and O–H groups in total. The molecule has 3 rings (SSSR count). The highest BCUT2D eigenvalue weighted by Crippen LogP contribution is 2.23. The molecule has 0 unspecified atom stereocenters. The third kappa shape index (κ3) is 5.18. The van der Waals surface area contributed by atoms with Crippen molar-refractivity contribution in [3.8, 4) is 17.2 Å². The first-order chi connectivity index (χ1) is 13.2. The van der Waals surface area contributed by atoms with Crippen LogP contribution < -0.4 is 14.9 Å². The number of hydrazone groups is 1. The van der Waals surface area contributed by atoms with E-state index >= 15 is 0 Å². The second-order valence-corrected chi connectivity index (χ2v) is 6.45. The van der Waals surface area contributed by atoms with Gasteiger partial charge in [-0.3, -0.25) is 4.79 Å². The van der Waals surface area contributed by atoms with Gasteiger partial charge in [0, 0.05) is 4.47 Å². The molecule has 0 spiro atoms. The van der Waals surface area contributed by atoms with E-state index < -0.39 is 0 Å². The highest BCUT2D eigenvalue weighted by molar-refractivity contribution is 9.10. The Bertz CT molecular complexity index is 959. The van der Waals surface area contributed by atoms with Crippen LogP contribution in [-0.2, 0) is 0 Å². The summed E-state index contributed by atoms with van der Waals surface area (Å²) in [5, 5.41) is 4.02. The Hall–Kier alpha value is -3.12. The van der Waals surface area contributed by atoms with E-state index in [4.69, 9.17) is 9.47 Å². The Morgan fingerprint density at radius 1 is 1.00 bits per heavy atom. The number of nitrogens with one attached hydrogen (secondary N) is 1. The van der Waals surface area contributed by atoms with Gasteiger partial charge in [0.15, 0.2) is 0 Å². The predicted octanol–water partition coefficient (Wildman–Crippen LogP) is 5.01. The van der Waals surface area contributed by atoms with Gasteiger partial charge in [0.1, 0.15) is 17.2 Å². The molecule has 1 amide bonds. The summed E-state index contributed by atoms with van der Waals surface area (Å²) >= 11 is 3.35. The number of rotatable bonds is 6. The summed E-state index contributed by atoms with van der Waals surface area (Å²) in [6.07, 6.45) is 1.56. The second-order valence-electron chi connectivity index (χ2n) is 5.53. The molecule has 0 bridgehead atoms. The van der Waals surface area contributed by atoms with Gasteiger partial charge in [0.2, 0.25) is 0 Å². The SMILES string of the molecule is COc1ccc(Br)cc1C(=O)N/N=C\c1cccc(Oc2ccccc2)c1. The zero-order valence-electron chi connectivity index (χ0n) is 14.6. The van der Waals surface area contributed by atoms with Gasteiger partial charge in [-0.2, -0.15) is 5.10 Å². The van der Waals surface area contributed by atoms with E-state index in [1.807, 2.05) is 54.6 Å². The molecule has 0 aromatic heterocycles. The van der Waals surface area contributed by atoms with Crippen molar-refractivity contribution in [1.82, 2.24) is 5.43 Å². The third-order valence-corrected chi connectivity index (χ3v) is 4.12. The summed E-state index contributed by atoms with van der Waals surface area (Å²) in [5.74, 6) is 1.55. The minimum Gasteiger partial charge on any atom is -0.496 e. The van der Waals surface area contributed by atoms with Crippen molar-refractivity contribution in [1.29, 1.82) is 0 Å². The van der Waals surface area contributed by atoms with Gasteiger partial charge < -0.3 is 9.47 Å². The summed E-state index contributed by atoms with van der Waals surface area (Å²) in [4.78, 5) is 12.3. The number of ether oxygens (including phenoxy) is 2. The maximum Gasteiger partial charge on any atom is 0.275 e. The average Bonchev–Trinajstić information content (AvgIpc) is 2.69. The van der Waals surface area contributed by atoms with Crippen molar-refractivity contribution in [2.45, 2.75) is 0 Å². The molecule has 136 valence electrons. The molecule has 0 saturated carbocycles. The number of benzene rings is 3.